The predicted molar refractivity (Wildman–Crippen MR) is 226 cm³/mol. The Bertz CT molecular complexity index is 2140. The van der Waals surface area contributed by atoms with E-state index in [4.69, 9.17) is 4.74 Å². The van der Waals surface area contributed by atoms with Crippen molar-refractivity contribution in [2.75, 3.05) is 19.7 Å². The van der Waals surface area contributed by atoms with Crippen LogP contribution in [0.4, 0.5) is 13.2 Å². The van der Waals surface area contributed by atoms with Crippen LogP contribution >= 0.6 is 0 Å². The number of nitrogens with zero attached hydrogens (tertiary/aromatic N) is 2. The lowest BCUT2D eigenvalue weighted by Gasteiger charge is -2.26. The lowest BCUT2D eigenvalue weighted by atomic mass is 10.0. The van der Waals surface area contributed by atoms with Crippen LogP contribution in [0.15, 0.2) is 188 Å². The number of fused-ring (bicyclic) bond motifs is 1. The van der Waals surface area contributed by atoms with Crippen molar-refractivity contribution in [3.8, 4) is 5.75 Å². The van der Waals surface area contributed by atoms with Gasteiger partial charge in [0.2, 0.25) is 0 Å². The fraction of sp³-hybridized carbons (Fsp3) is 0.200. The Labute approximate surface area is 339 Å². The minimum Gasteiger partial charge on any atom is -0.491 e. The van der Waals surface area contributed by atoms with Crippen LogP contribution in [0.3, 0.4) is 0 Å². The zero-order valence-corrected chi connectivity index (χ0v) is 32.3. The van der Waals surface area contributed by atoms with Gasteiger partial charge in [-0.15, -0.1) is 0 Å². The highest BCUT2D eigenvalue weighted by molar-refractivity contribution is 5.83. The van der Waals surface area contributed by atoms with Gasteiger partial charge in [0, 0.05) is 39.3 Å². The standard InChI is InChI=1S/C26H25NO.C24H24F3NO2/c28-26(25-16-15-23-13-7-8-14-24(23)17-25)20-27(18-21-9-3-1-4-10-21)19-22-11-5-2-6-12-22;25-24(26,27)21-11-13-23(14-12-21)30-18-22(29)17-28(15-19-7-3-1-4-8-19)16-20-9-5-2-6-10-20/h1-17,26,28H,18-20H2;1-14,22,29H,15-18H2. The molecule has 0 radical (unpaired) electrons. The van der Waals surface area contributed by atoms with Gasteiger partial charge in [-0.3, -0.25) is 9.80 Å². The van der Waals surface area contributed by atoms with Gasteiger partial charge in [0.1, 0.15) is 18.5 Å². The fourth-order valence-electron chi connectivity index (χ4n) is 6.78. The summed E-state index contributed by atoms with van der Waals surface area (Å²) in [6, 6.07) is 59.8. The monoisotopic (exact) mass is 782 g/mol. The van der Waals surface area contributed by atoms with Crippen molar-refractivity contribution in [2.45, 2.75) is 44.6 Å². The van der Waals surface area contributed by atoms with E-state index in [1.165, 1.54) is 28.6 Å². The zero-order valence-electron chi connectivity index (χ0n) is 32.3. The lowest BCUT2D eigenvalue weighted by molar-refractivity contribution is -0.137. The first-order valence-electron chi connectivity index (χ1n) is 19.4. The molecule has 7 aromatic rings. The number of benzene rings is 7. The first kappa shape index (κ1) is 41.9. The van der Waals surface area contributed by atoms with E-state index < -0.39 is 23.9 Å². The van der Waals surface area contributed by atoms with Crippen LogP contribution in [-0.2, 0) is 32.4 Å². The molecule has 0 saturated heterocycles. The van der Waals surface area contributed by atoms with E-state index in [-0.39, 0.29) is 6.61 Å². The Morgan fingerprint density at radius 1 is 0.466 bits per heavy atom. The summed E-state index contributed by atoms with van der Waals surface area (Å²) < 4.78 is 43.4. The third-order valence-electron chi connectivity index (χ3n) is 9.68. The summed E-state index contributed by atoms with van der Waals surface area (Å²) in [5.41, 5.74) is 5.00. The van der Waals surface area contributed by atoms with Gasteiger partial charge in [0.15, 0.2) is 0 Å². The molecule has 0 saturated carbocycles. The van der Waals surface area contributed by atoms with E-state index >= 15 is 0 Å². The molecule has 7 rings (SSSR count). The molecule has 0 aliphatic carbocycles. The average molecular weight is 783 g/mol. The number of hydrogen-bond acceptors (Lipinski definition) is 5. The topological polar surface area (TPSA) is 56.2 Å². The van der Waals surface area contributed by atoms with E-state index in [1.54, 1.807) is 0 Å². The van der Waals surface area contributed by atoms with E-state index in [0.717, 1.165) is 47.3 Å². The van der Waals surface area contributed by atoms with Gasteiger partial charge in [-0.1, -0.05) is 158 Å². The fourth-order valence-corrected chi connectivity index (χ4v) is 6.78. The largest absolute Gasteiger partial charge is 0.491 e. The van der Waals surface area contributed by atoms with Crippen LogP contribution in [0.2, 0.25) is 0 Å². The summed E-state index contributed by atoms with van der Waals surface area (Å²) in [6.45, 7) is 3.87. The number of aliphatic hydroxyl groups excluding tert-OH is 2. The molecule has 8 heteroatoms. The van der Waals surface area contributed by atoms with Gasteiger partial charge in [-0.25, -0.2) is 0 Å². The molecule has 2 atom stereocenters. The Kier molecular flexibility index (Phi) is 15.2. The van der Waals surface area contributed by atoms with Crippen molar-refractivity contribution in [3.63, 3.8) is 0 Å². The Hall–Kier alpha value is -5.77. The molecule has 0 amide bonds. The number of alkyl halides is 3. The quantitative estimate of drug-likeness (QED) is 0.102. The number of hydrogen-bond donors (Lipinski definition) is 2. The zero-order chi connectivity index (χ0) is 40.6. The lowest BCUT2D eigenvalue weighted by Crippen LogP contribution is -2.35. The van der Waals surface area contributed by atoms with Gasteiger partial charge in [0.05, 0.1) is 11.7 Å². The smallest absolute Gasteiger partial charge is 0.416 e. The molecule has 0 aromatic heterocycles. The van der Waals surface area contributed by atoms with Crippen LogP contribution < -0.4 is 4.74 Å². The van der Waals surface area contributed by atoms with Crippen molar-refractivity contribution in [2.24, 2.45) is 0 Å². The summed E-state index contributed by atoms with van der Waals surface area (Å²) >= 11 is 0. The molecule has 0 bridgehead atoms. The van der Waals surface area contributed by atoms with Crippen LogP contribution in [0.5, 0.6) is 5.75 Å². The highest BCUT2D eigenvalue weighted by Crippen LogP contribution is 2.30. The maximum atomic E-state index is 12.6. The minimum atomic E-state index is -4.38. The molecule has 2 unspecified atom stereocenters. The van der Waals surface area contributed by atoms with Crippen molar-refractivity contribution < 1.29 is 28.1 Å². The van der Waals surface area contributed by atoms with Gasteiger partial charge in [0.25, 0.3) is 0 Å². The van der Waals surface area contributed by atoms with Gasteiger partial charge in [-0.2, -0.15) is 13.2 Å². The molecular weight excluding hydrogens is 734 g/mol. The van der Waals surface area contributed by atoms with Crippen LogP contribution in [-0.4, -0.2) is 45.8 Å². The SMILES string of the molecule is OC(CN(Cc1ccccc1)Cc1ccccc1)c1ccc2ccccc2c1.OC(COc1ccc(C(F)(F)F)cc1)CN(Cc1ccccc1)Cc1ccccc1. The number of aliphatic hydroxyl groups is 2. The predicted octanol–water partition coefficient (Wildman–Crippen LogP) is 10.7. The summed E-state index contributed by atoms with van der Waals surface area (Å²) in [7, 11) is 0. The molecule has 2 N–H and O–H groups in total. The van der Waals surface area contributed by atoms with E-state index in [0.29, 0.717) is 31.9 Å². The van der Waals surface area contributed by atoms with Gasteiger partial charge < -0.3 is 14.9 Å². The maximum absolute atomic E-state index is 12.6. The van der Waals surface area contributed by atoms with E-state index in [1.807, 2.05) is 91.0 Å². The molecule has 0 fully saturated rings. The average Bonchev–Trinajstić information content (AvgIpc) is 3.24. The summed E-state index contributed by atoms with van der Waals surface area (Å²) in [4.78, 5) is 4.43. The van der Waals surface area contributed by atoms with E-state index in [9.17, 15) is 23.4 Å². The molecule has 0 aliphatic rings. The summed E-state index contributed by atoms with van der Waals surface area (Å²) in [5.74, 6) is 0.291. The van der Waals surface area contributed by atoms with Crippen molar-refractivity contribution >= 4 is 10.8 Å². The number of ether oxygens (including phenoxy) is 1. The van der Waals surface area contributed by atoms with Crippen molar-refractivity contribution in [1.29, 1.82) is 0 Å². The second-order valence-electron chi connectivity index (χ2n) is 14.4. The maximum Gasteiger partial charge on any atom is 0.416 e. The first-order valence-corrected chi connectivity index (χ1v) is 19.4. The van der Waals surface area contributed by atoms with Crippen molar-refractivity contribution in [1.82, 2.24) is 9.80 Å². The minimum absolute atomic E-state index is 0.00849. The van der Waals surface area contributed by atoms with Gasteiger partial charge >= 0.3 is 6.18 Å². The van der Waals surface area contributed by atoms with Crippen LogP contribution in [0.1, 0.15) is 39.5 Å². The Balaban J connectivity index is 0.000000196. The molecule has 0 spiro atoms. The molecule has 5 nitrogen and oxygen atoms in total. The number of rotatable bonds is 16. The molecule has 298 valence electrons. The van der Waals surface area contributed by atoms with Gasteiger partial charge in [-0.05, 0) is 68.9 Å². The normalized spacial score (nSPS) is 12.5. The molecule has 0 heterocycles. The molecule has 58 heavy (non-hydrogen) atoms. The second kappa shape index (κ2) is 21.1. The molecule has 0 aliphatic heterocycles. The highest BCUT2D eigenvalue weighted by Gasteiger charge is 2.30. The van der Waals surface area contributed by atoms with Crippen LogP contribution in [0, 0.1) is 0 Å². The summed E-state index contributed by atoms with van der Waals surface area (Å²) in [6.07, 6.45) is -5.70. The Morgan fingerprint density at radius 3 is 1.33 bits per heavy atom. The Morgan fingerprint density at radius 2 is 0.879 bits per heavy atom. The van der Waals surface area contributed by atoms with Crippen LogP contribution in [0.25, 0.3) is 10.8 Å². The molecular formula is C50H49F3N2O3. The summed E-state index contributed by atoms with van der Waals surface area (Å²) in [5, 5.41) is 23.8. The highest BCUT2D eigenvalue weighted by atomic mass is 19.4. The van der Waals surface area contributed by atoms with E-state index in [2.05, 4.69) is 82.6 Å². The third-order valence-corrected chi connectivity index (χ3v) is 9.68. The third kappa shape index (κ3) is 13.4. The first-order chi connectivity index (χ1) is 28.2. The van der Waals surface area contributed by atoms with Crippen molar-refractivity contribution in [3.05, 3.63) is 221 Å². The second-order valence-corrected chi connectivity index (χ2v) is 14.4. The molecule has 7 aromatic carbocycles. The number of halogens is 3.